The minimum atomic E-state index is -0.372. The van der Waals surface area contributed by atoms with Crippen LogP contribution in [0.15, 0.2) is 48.7 Å². The first-order valence-corrected chi connectivity index (χ1v) is 8.42. The number of carbonyl (C=O) groups excluding carboxylic acids is 2. The van der Waals surface area contributed by atoms with Crippen molar-refractivity contribution in [2.45, 2.75) is 32.9 Å². The average Bonchev–Trinajstić information content (AvgIpc) is 3.03. The van der Waals surface area contributed by atoms with E-state index in [0.717, 1.165) is 16.8 Å². The number of fused-ring (bicyclic) bond motifs is 1. The fourth-order valence-electron chi connectivity index (χ4n) is 2.74. The summed E-state index contributed by atoms with van der Waals surface area (Å²) in [4.78, 5) is 23.9. The predicted molar refractivity (Wildman–Crippen MR) is 97.2 cm³/mol. The second-order valence-corrected chi connectivity index (χ2v) is 6.19. The lowest BCUT2D eigenvalue weighted by atomic mass is 10.0. The van der Waals surface area contributed by atoms with Crippen LogP contribution in [0.5, 0.6) is 0 Å². The number of carbonyl (C=O) groups is 2. The van der Waals surface area contributed by atoms with Crippen LogP contribution in [0.3, 0.4) is 0 Å². The molecule has 3 aromatic rings. The van der Waals surface area contributed by atoms with Gasteiger partial charge in [-0.15, -0.1) is 10.2 Å². The molecule has 0 saturated heterocycles. The summed E-state index contributed by atoms with van der Waals surface area (Å²) >= 11 is 0. The smallest absolute Gasteiger partial charge is 0.222 e. The summed E-state index contributed by atoms with van der Waals surface area (Å²) in [7, 11) is 0. The quantitative estimate of drug-likeness (QED) is 0.710. The van der Waals surface area contributed by atoms with Crippen molar-refractivity contribution in [1.29, 1.82) is 0 Å². The summed E-state index contributed by atoms with van der Waals surface area (Å²) in [6, 6.07) is 13.0. The van der Waals surface area contributed by atoms with E-state index < -0.39 is 0 Å². The van der Waals surface area contributed by atoms with E-state index in [2.05, 4.69) is 20.8 Å². The molecule has 134 valence electrons. The monoisotopic (exact) mass is 351 g/mol. The third-order valence-electron chi connectivity index (χ3n) is 4.07. The van der Waals surface area contributed by atoms with E-state index in [1.165, 1.54) is 6.92 Å². The minimum Gasteiger partial charge on any atom is -0.349 e. The molecule has 2 amide bonds. The van der Waals surface area contributed by atoms with Crippen LogP contribution in [0.25, 0.3) is 5.65 Å². The van der Waals surface area contributed by atoms with Gasteiger partial charge in [0.05, 0.1) is 19.0 Å². The highest BCUT2D eigenvalue weighted by Gasteiger charge is 2.17. The first-order valence-electron chi connectivity index (χ1n) is 8.42. The van der Waals surface area contributed by atoms with E-state index >= 15 is 0 Å². The maximum atomic E-state index is 12.4. The Morgan fingerprint density at radius 2 is 1.88 bits per heavy atom. The van der Waals surface area contributed by atoms with Crippen LogP contribution in [0.4, 0.5) is 0 Å². The van der Waals surface area contributed by atoms with Crippen molar-refractivity contribution in [3.63, 3.8) is 0 Å². The number of aryl methyl sites for hydroxylation is 1. The summed E-state index contributed by atoms with van der Waals surface area (Å²) in [5.41, 5.74) is 2.75. The van der Waals surface area contributed by atoms with Crippen LogP contribution in [-0.4, -0.2) is 26.4 Å². The number of amides is 2. The molecular weight excluding hydrogens is 330 g/mol. The summed E-state index contributed by atoms with van der Waals surface area (Å²) in [6.45, 7) is 3.71. The van der Waals surface area contributed by atoms with Crippen LogP contribution in [0, 0.1) is 6.92 Å². The van der Waals surface area contributed by atoms with Gasteiger partial charge in [0, 0.05) is 13.1 Å². The summed E-state index contributed by atoms with van der Waals surface area (Å²) in [5, 5.41) is 13.8. The highest BCUT2D eigenvalue weighted by atomic mass is 16.2. The third kappa shape index (κ3) is 4.24. The number of benzene rings is 1. The van der Waals surface area contributed by atoms with Crippen LogP contribution < -0.4 is 10.6 Å². The van der Waals surface area contributed by atoms with E-state index in [9.17, 15) is 9.59 Å². The van der Waals surface area contributed by atoms with Gasteiger partial charge in [0.2, 0.25) is 11.8 Å². The molecule has 26 heavy (non-hydrogen) atoms. The van der Waals surface area contributed by atoms with Crippen molar-refractivity contribution in [2.75, 3.05) is 0 Å². The molecule has 0 bridgehead atoms. The van der Waals surface area contributed by atoms with Crippen molar-refractivity contribution in [3.05, 3.63) is 65.6 Å². The third-order valence-corrected chi connectivity index (χ3v) is 4.07. The number of pyridine rings is 1. The second kappa shape index (κ2) is 7.77. The molecule has 1 aromatic carbocycles. The number of nitrogens with zero attached hydrogens (tertiary/aromatic N) is 3. The molecular formula is C19H21N5O2. The van der Waals surface area contributed by atoms with E-state index in [4.69, 9.17) is 0 Å². The first-order chi connectivity index (χ1) is 12.5. The lowest BCUT2D eigenvalue weighted by Crippen LogP contribution is -2.32. The Morgan fingerprint density at radius 1 is 1.12 bits per heavy atom. The number of nitrogens with one attached hydrogen (secondary N) is 2. The van der Waals surface area contributed by atoms with E-state index in [1.54, 1.807) is 0 Å². The van der Waals surface area contributed by atoms with Gasteiger partial charge in [0.1, 0.15) is 0 Å². The molecule has 0 fully saturated rings. The van der Waals surface area contributed by atoms with Gasteiger partial charge in [0.15, 0.2) is 11.5 Å². The molecule has 0 spiro atoms. The van der Waals surface area contributed by atoms with Crippen molar-refractivity contribution >= 4 is 17.5 Å². The number of aromatic nitrogens is 3. The van der Waals surface area contributed by atoms with Gasteiger partial charge in [-0.05, 0) is 24.6 Å². The normalized spacial score (nSPS) is 11.9. The van der Waals surface area contributed by atoms with Crippen LogP contribution in [-0.2, 0) is 16.1 Å². The van der Waals surface area contributed by atoms with Crippen molar-refractivity contribution in [1.82, 2.24) is 25.2 Å². The van der Waals surface area contributed by atoms with Gasteiger partial charge in [-0.3, -0.25) is 14.0 Å². The van der Waals surface area contributed by atoms with Gasteiger partial charge in [-0.2, -0.15) is 0 Å². The standard InChI is InChI=1S/C19H21N5O2/c1-13-6-8-15(9-7-13)16(21-14(2)25)11-19(26)20-12-18-23-22-17-5-3-4-10-24(17)18/h3-10,16H,11-12H2,1-2H3,(H,20,26)(H,21,25)/t16-/m0/s1. The molecule has 0 aliphatic carbocycles. The van der Waals surface area contributed by atoms with E-state index in [1.807, 2.05) is 60.0 Å². The van der Waals surface area contributed by atoms with Crippen molar-refractivity contribution < 1.29 is 9.59 Å². The highest BCUT2D eigenvalue weighted by molar-refractivity contribution is 5.79. The SMILES string of the molecule is CC(=O)N[C@@H](CC(=O)NCc1nnc2ccccn12)c1ccc(C)cc1. The molecule has 2 heterocycles. The zero-order valence-corrected chi connectivity index (χ0v) is 14.8. The van der Waals surface area contributed by atoms with Crippen molar-refractivity contribution in [2.24, 2.45) is 0 Å². The molecule has 7 heteroatoms. The molecule has 2 N–H and O–H groups in total. The molecule has 0 aliphatic heterocycles. The van der Waals surface area contributed by atoms with E-state index in [0.29, 0.717) is 5.82 Å². The lowest BCUT2D eigenvalue weighted by Gasteiger charge is -2.18. The summed E-state index contributed by atoms with van der Waals surface area (Å²) in [6.07, 6.45) is 2.00. The van der Waals surface area contributed by atoms with Gasteiger partial charge in [0.25, 0.3) is 0 Å². The number of hydrogen-bond donors (Lipinski definition) is 2. The molecule has 1 atom stereocenters. The largest absolute Gasteiger partial charge is 0.349 e. The van der Waals surface area contributed by atoms with Crippen LogP contribution >= 0.6 is 0 Å². The maximum absolute atomic E-state index is 12.4. The Labute approximate surface area is 151 Å². The molecule has 0 unspecified atom stereocenters. The lowest BCUT2D eigenvalue weighted by molar-refractivity contribution is -0.123. The fraction of sp³-hybridized carbons (Fsp3) is 0.263. The molecule has 0 saturated carbocycles. The Hall–Kier alpha value is -3.22. The average molecular weight is 351 g/mol. The number of hydrogen-bond acceptors (Lipinski definition) is 4. The van der Waals surface area contributed by atoms with Crippen LogP contribution in [0.2, 0.25) is 0 Å². The van der Waals surface area contributed by atoms with Gasteiger partial charge in [-0.25, -0.2) is 0 Å². The van der Waals surface area contributed by atoms with Gasteiger partial charge < -0.3 is 10.6 Å². The number of rotatable bonds is 6. The molecule has 3 rings (SSSR count). The summed E-state index contributed by atoms with van der Waals surface area (Å²) in [5.74, 6) is 0.309. The Balaban J connectivity index is 1.65. The molecule has 0 radical (unpaired) electrons. The van der Waals surface area contributed by atoms with Gasteiger partial charge in [-0.1, -0.05) is 35.9 Å². The van der Waals surface area contributed by atoms with E-state index in [-0.39, 0.29) is 30.8 Å². The predicted octanol–water partition coefficient (Wildman–Crippen LogP) is 1.92. The second-order valence-electron chi connectivity index (χ2n) is 6.19. The minimum absolute atomic E-state index is 0.152. The van der Waals surface area contributed by atoms with Gasteiger partial charge >= 0.3 is 0 Å². The maximum Gasteiger partial charge on any atom is 0.222 e. The zero-order valence-electron chi connectivity index (χ0n) is 14.8. The first kappa shape index (κ1) is 17.6. The molecule has 0 aliphatic rings. The Morgan fingerprint density at radius 3 is 2.62 bits per heavy atom. The molecule has 7 nitrogen and oxygen atoms in total. The fourth-order valence-corrected chi connectivity index (χ4v) is 2.74. The highest BCUT2D eigenvalue weighted by Crippen LogP contribution is 2.17. The van der Waals surface area contributed by atoms with Crippen LogP contribution in [0.1, 0.15) is 36.3 Å². The Kier molecular flexibility index (Phi) is 5.26. The Bertz CT molecular complexity index is 917. The molecule has 2 aromatic heterocycles. The summed E-state index contributed by atoms with van der Waals surface area (Å²) < 4.78 is 1.82. The van der Waals surface area contributed by atoms with Crippen molar-refractivity contribution in [3.8, 4) is 0 Å². The topological polar surface area (TPSA) is 88.4 Å². The zero-order chi connectivity index (χ0) is 18.5.